The monoisotopic (exact) mass is 321 g/mol. The molecule has 0 radical (unpaired) electrons. The zero-order chi connectivity index (χ0) is 13.7. The molecule has 2 heterocycles. The number of fused-ring (bicyclic) bond motifs is 3. The Hall–Kier alpha value is -1.49. The summed E-state index contributed by atoms with van der Waals surface area (Å²) in [4.78, 5) is 1.37. The SMILES string of the molecule is Clc1ccc(Nc2n[nH]c3c2Cc2sccc2-3)c(Cl)c1. The van der Waals surface area contributed by atoms with Gasteiger partial charge in [0.25, 0.3) is 0 Å². The predicted octanol–water partition coefficient (Wildman–Crippen LogP) is 5.09. The predicted molar refractivity (Wildman–Crippen MR) is 84.5 cm³/mol. The van der Waals surface area contributed by atoms with Crippen molar-refractivity contribution in [3.8, 4) is 11.3 Å². The highest BCUT2D eigenvalue weighted by molar-refractivity contribution is 7.10. The number of H-pyrrole nitrogens is 1. The lowest BCUT2D eigenvalue weighted by Crippen LogP contribution is -1.95. The van der Waals surface area contributed by atoms with Gasteiger partial charge in [-0.05, 0) is 29.6 Å². The highest BCUT2D eigenvalue weighted by Crippen LogP contribution is 2.42. The third kappa shape index (κ3) is 1.84. The van der Waals surface area contributed by atoms with Crippen LogP contribution in [-0.4, -0.2) is 10.2 Å². The number of thiophene rings is 1. The van der Waals surface area contributed by atoms with E-state index >= 15 is 0 Å². The number of benzene rings is 1. The van der Waals surface area contributed by atoms with E-state index in [9.17, 15) is 0 Å². The van der Waals surface area contributed by atoms with Crippen molar-refractivity contribution in [3.05, 3.63) is 50.1 Å². The van der Waals surface area contributed by atoms with Crippen LogP contribution < -0.4 is 5.32 Å². The molecule has 0 saturated carbocycles. The molecule has 0 fully saturated rings. The van der Waals surface area contributed by atoms with Crippen LogP contribution in [0.4, 0.5) is 11.5 Å². The lowest BCUT2D eigenvalue weighted by atomic mass is 10.2. The van der Waals surface area contributed by atoms with Gasteiger partial charge in [-0.2, -0.15) is 5.10 Å². The van der Waals surface area contributed by atoms with Crippen molar-refractivity contribution in [2.24, 2.45) is 0 Å². The number of rotatable bonds is 2. The fourth-order valence-electron chi connectivity index (χ4n) is 2.44. The van der Waals surface area contributed by atoms with Crippen molar-refractivity contribution in [2.45, 2.75) is 6.42 Å². The fourth-order valence-corrected chi connectivity index (χ4v) is 3.79. The summed E-state index contributed by atoms with van der Waals surface area (Å²) in [6.45, 7) is 0. The Kier molecular flexibility index (Phi) is 2.77. The van der Waals surface area contributed by atoms with Gasteiger partial charge in [0.15, 0.2) is 5.82 Å². The molecule has 20 heavy (non-hydrogen) atoms. The van der Waals surface area contributed by atoms with Gasteiger partial charge in [0.05, 0.1) is 16.4 Å². The lowest BCUT2D eigenvalue weighted by molar-refractivity contribution is 1.09. The summed E-state index contributed by atoms with van der Waals surface area (Å²) < 4.78 is 0. The maximum atomic E-state index is 6.18. The number of hydrogen-bond donors (Lipinski definition) is 2. The van der Waals surface area contributed by atoms with Crippen LogP contribution in [0.15, 0.2) is 29.6 Å². The van der Waals surface area contributed by atoms with Crippen molar-refractivity contribution in [2.75, 3.05) is 5.32 Å². The average molecular weight is 322 g/mol. The number of halogens is 2. The van der Waals surface area contributed by atoms with Crippen molar-refractivity contribution in [3.63, 3.8) is 0 Å². The van der Waals surface area contributed by atoms with Gasteiger partial charge in [-0.25, -0.2) is 0 Å². The first-order chi connectivity index (χ1) is 9.72. The molecule has 2 N–H and O–H groups in total. The second-order valence-electron chi connectivity index (χ2n) is 4.61. The molecule has 3 aromatic rings. The first-order valence-corrected chi connectivity index (χ1v) is 7.72. The Morgan fingerprint density at radius 1 is 1.25 bits per heavy atom. The standard InChI is InChI=1S/C14H9Cl2N3S/c15-7-1-2-11(10(16)5-7)17-14-9-6-12-8(3-4-20-12)13(9)18-19-14/h1-5H,6H2,(H2,17,18,19). The Balaban J connectivity index is 1.71. The molecule has 1 aliphatic rings. The number of aromatic amines is 1. The first kappa shape index (κ1) is 12.3. The highest BCUT2D eigenvalue weighted by atomic mass is 35.5. The maximum Gasteiger partial charge on any atom is 0.156 e. The summed E-state index contributed by atoms with van der Waals surface area (Å²) in [5, 5.41) is 14.0. The number of anilines is 2. The minimum absolute atomic E-state index is 0.585. The molecule has 4 rings (SSSR count). The quantitative estimate of drug-likeness (QED) is 0.539. The zero-order valence-electron chi connectivity index (χ0n) is 10.2. The van der Waals surface area contributed by atoms with Gasteiger partial charge in [-0.3, -0.25) is 5.10 Å². The van der Waals surface area contributed by atoms with Crippen LogP contribution in [0.3, 0.4) is 0 Å². The van der Waals surface area contributed by atoms with E-state index in [-0.39, 0.29) is 0 Å². The second-order valence-corrected chi connectivity index (χ2v) is 6.45. The second kappa shape index (κ2) is 4.52. The molecule has 0 unspecified atom stereocenters. The Morgan fingerprint density at radius 2 is 2.15 bits per heavy atom. The van der Waals surface area contributed by atoms with E-state index in [2.05, 4.69) is 27.0 Å². The third-order valence-electron chi connectivity index (χ3n) is 3.40. The van der Waals surface area contributed by atoms with E-state index in [1.54, 1.807) is 23.5 Å². The van der Waals surface area contributed by atoms with Gasteiger partial charge in [0, 0.05) is 27.4 Å². The van der Waals surface area contributed by atoms with Crippen LogP contribution in [0.5, 0.6) is 0 Å². The van der Waals surface area contributed by atoms with Crippen molar-refractivity contribution >= 4 is 46.0 Å². The molecule has 0 saturated heterocycles. The Bertz CT molecular complexity index is 807. The fraction of sp³-hybridized carbons (Fsp3) is 0.0714. The van der Waals surface area contributed by atoms with Crippen molar-refractivity contribution in [1.82, 2.24) is 10.2 Å². The largest absolute Gasteiger partial charge is 0.337 e. The minimum Gasteiger partial charge on any atom is -0.337 e. The molecular formula is C14H9Cl2N3S. The van der Waals surface area contributed by atoms with Crippen LogP contribution >= 0.6 is 34.5 Å². The van der Waals surface area contributed by atoms with E-state index in [0.717, 1.165) is 23.6 Å². The van der Waals surface area contributed by atoms with E-state index in [1.807, 2.05) is 6.07 Å². The van der Waals surface area contributed by atoms with Crippen LogP contribution in [0, 0.1) is 0 Å². The molecule has 0 atom stereocenters. The average Bonchev–Trinajstić information content (AvgIpc) is 3.06. The third-order valence-corrected chi connectivity index (χ3v) is 4.87. The van der Waals surface area contributed by atoms with Gasteiger partial charge >= 0.3 is 0 Å². The van der Waals surface area contributed by atoms with E-state index < -0.39 is 0 Å². The summed E-state index contributed by atoms with van der Waals surface area (Å²) in [5.41, 5.74) is 4.36. The molecule has 1 aromatic carbocycles. The summed E-state index contributed by atoms with van der Waals surface area (Å²) in [7, 11) is 0. The normalized spacial score (nSPS) is 12.3. The number of nitrogens with one attached hydrogen (secondary N) is 2. The smallest absolute Gasteiger partial charge is 0.156 e. The topological polar surface area (TPSA) is 40.7 Å². The van der Waals surface area contributed by atoms with Crippen LogP contribution in [0.1, 0.15) is 10.4 Å². The Labute approximate surface area is 129 Å². The van der Waals surface area contributed by atoms with E-state index in [1.165, 1.54) is 16.0 Å². The molecule has 0 aliphatic heterocycles. The maximum absolute atomic E-state index is 6.18. The van der Waals surface area contributed by atoms with Crippen molar-refractivity contribution < 1.29 is 0 Å². The summed E-state index contributed by atoms with van der Waals surface area (Å²) in [6.07, 6.45) is 0.909. The highest BCUT2D eigenvalue weighted by Gasteiger charge is 2.25. The number of hydrogen-bond acceptors (Lipinski definition) is 3. The number of nitrogens with zero attached hydrogens (tertiary/aromatic N) is 1. The van der Waals surface area contributed by atoms with Gasteiger partial charge < -0.3 is 5.32 Å². The molecule has 100 valence electrons. The first-order valence-electron chi connectivity index (χ1n) is 6.08. The number of aromatic nitrogens is 2. The molecule has 1 aliphatic carbocycles. The molecule has 6 heteroatoms. The molecule has 0 spiro atoms. The zero-order valence-corrected chi connectivity index (χ0v) is 12.5. The van der Waals surface area contributed by atoms with E-state index in [0.29, 0.717) is 10.0 Å². The summed E-state index contributed by atoms with van der Waals surface area (Å²) in [5.74, 6) is 0.827. The molecular weight excluding hydrogens is 313 g/mol. The lowest BCUT2D eigenvalue weighted by Gasteiger charge is -2.07. The molecule has 2 aromatic heterocycles. The van der Waals surface area contributed by atoms with Crippen LogP contribution in [0.2, 0.25) is 10.0 Å². The van der Waals surface area contributed by atoms with Gasteiger partial charge in [0.1, 0.15) is 0 Å². The van der Waals surface area contributed by atoms with Crippen molar-refractivity contribution in [1.29, 1.82) is 0 Å². The molecule has 0 amide bonds. The minimum atomic E-state index is 0.585. The van der Waals surface area contributed by atoms with Gasteiger partial charge in [-0.15, -0.1) is 11.3 Å². The van der Waals surface area contributed by atoms with E-state index in [4.69, 9.17) is 23.2 Å². The van der Waals surface area contributed by atoms with Gasteiger partial charge in [-0.1, -0.05) is 23.2 Å². The van der Waals surface area contributed by atoms with Crippen LogP contribution in [0.25, 0.3) is 11.3 Å². The molecule has 3 nitrogen and oxygen atoms in total. The summed E-state index contributed by atoms with van der Waals surface area (Å²) in [6, 6.07) is 7.51. The van der Waals surface area contributed by atoms with Gasteiger partial charge in [0.2, 0.25) is 0 Å². The molecule has 0 bridgehead atoms. The Morgan fingerprint density at radius 3 is 3.00 bits per heavy atom. The van der Waals surface area contributed by atoms with Crippen LogP contribution in [-0.2, 0) is 6.42 Å². The summed E-state index contributed by atoms with van der Waals surface area (Å²) >= 11 is 13.9.